The van der Waals surface area contributed by atoms with Crippen molar-refractivity contribution < 1.29 is 4.79 Å². The second kappa shape index (κ2) is 8.32. The van der Waals surface area contributed by atoms with Gasteiger partial charge < -0.3 is 15.2 Å². The van der Waals surface area contributed by atoms with Gasteiger partial charge in [0.1, 0.15) is 17.3 Å². The van der Waals surface area contributed by atoms with Gasteiger partial charge in [0.2, 0.25) is 0 Å². The van der Waals surface area contributed by atoms with E-state index < -0.39 is 0 Å². The van der Waals surface area contributed by atoms with Gasteiger partial charge in [-0.05, 0) is 30.7 Å². The average Bonchev–Trinajstić information content (AvgIpc) is 3.16. The number of nitrogens with one attached hydrogen (secondary N) is 2. The van der Waals surface area contributed by atoms with Crippen molar-refractivity contribution in [2.45, 2.75) is 19.4 Å². The molecule has 0 aliphatic heterocycles. The van der Waals surface area contributed by atoms with E-state index in [-0.39, 0.29) is 11.9 Å². The molecule has 4 aromatic rings. The number of aromatic amines is 1. The zero-order chi connectivity index (χ0) is 21.1. The number of H-pyrrole nitrogens is 1. The molecule has 1 aromatic carbocycles. The Bertz CT molecular complexity index is 1170. The van der Waals surface area contributed by atoms with E-state index in [0.717, 1.165) is 28.0 Å². The summed E-state index contributed by atoms with van der Waals surface area (Å²) in [6.07, 6.45) is 4.19. The molecule has 0 saturated carbocycles. The van der Waals surface area contributed by atoms with Gasteiger partial charge in [-0.2, -0.15) is 0 Å². The second-order valence-electron chi connectivity index (χ2n) is 7.40. The van der Waals surface area contributed by atoms with Gasteiger partial charge in [0.15, 0.2) is 0 Å². The summed E-state index contributed by atoms with van der Waals surface area (Å²) in [5, 5.41) is 4.25. The zero-order valence-electron chi connectivity index (χ0n) is 17.3. The van der Waals surface area contributed by atoms with Crippen LogP contribution in [0, 0.1) is 6.92 Å². The Balaban J connectivity index is 1.72. The van der Waals surface area contributed by atoms with Crippen molar-refractivity contribution in [2.75, 3.05) is 19.0 Å². The van der Waals surface area contributed by atoms with Gasteiger partial charge >= 0.3 is 0 Å². The monoisotopic (exact) mass is 400 g/mol. The van der Waals surface area contributed by atoms with Gasteiger partial charge in [-0.1, -0.05) is 24.3 Å². The third kappa shape index (κ3) is 4.15. The van der Waals surface area contributed by atoms with Crippen LogP contribution < -0.4 is 10.2 Å². The van der Waals surface area contributed by atoms with Crippen LogP contribution in [0.25, 0.3) is 10.9 Å². The quantitative estimate of drug-likeness (QED) is 0.518. The molecule has 152 valence electrons. The molecule has 1 amide bonds. The van der Waals surface area contributed by atoms with Gasteiger partial charge in [-0.15, -0.1) is 0 Å². The molecule has 1 atom stereocenters. The Kier molecular flexibility index (Phi) is 5.43. The molecule has 0 radical (unpaired) electrons. The van der Waals surface area contributed by atoms with Crippen LogP contribution in [0.15, 0.2) is 60.9 Å². The predicted molar refractivity (Wildman–Crippen MR) is 118 cm³/mol. The molecule has 0 bridgehead atoms. The first-order chi connectivity index (χ1) is 14.5. The molecule has 2 N–H and O–H groups in total. The van der Waals surface area contributed by atoms with Crippen molar-refractivity contribution in [3.63, 3.8) is 0 Å². The number of carbonyl (C=O) groups excluding carboxylic acids is 1. The van der Waals surface area contributed by atoms with Crippen LogP contribution in [0.2, 0.25) is 0 Å². The highest BCUT2D eigenvalue weighted by molar-refractivity contribution is 5.92. The molecule has 7 nitrogen and oxygen atoms in total. The van der Waals surface area contributed by atoms with E-state index >= 15 is 0 Å². The number of nitrogens with zero attached hydrogens (tertiary/aromatic N) is 4. The maximum absolute atomic E-state index is 12.9. The fourth-order valence-corrected chi connectivity index (χ4v) is 3.46. The van der Waals surface area contributed by atoms with Crippen LogP contribution in [0.3, 0.4) is 0 Å². The molecule has 0 spiro atoms. The maximum atomic E-state index is 12.9. The molecular formula is C23H24N6O. The third-order valence-electron chi connectivity index (χ3n) is 4.96. The fourth-order valence-electron chi connectivity index (χ4n) is 3.46. The van der Waals surface area contributed by atoms with Crippen molar-refractivity contribution in [2.24, 2.45) is 0 Å². The Morgan fingerprint density at radius 1 is 1.13 bits per heavy atom. The molecular weight excluding hydrogens is 376 g/mol. The number of rotatable bonds is 6. The summed E-state index contributed by atoms with van der Waals surface area (Å²) in [5.74, 6) is 1.23. The van der Waals surface area contributed by atoms with E-state index in [1.807, 2.05) is 56.4 Å². The Labute approximate surface area is 175 Å². The lowest BCUT2D eigenvalue weighted by molar-refractivity contribution is 0.0930. The highest BCUT2D eigenvalue weighted by atomic mass is 16.1. The smallest absolute Gasteiger partial charge is 0.270 e. The summed E-state index contributed by atoms with van der Waals surface area (Å²) in [6, 6.07) is 15.0. The summed E-state index contributed by atoms with van der Waals surface area (Å²) < 4.78 is 0. The first-order valence-electron chi connectivity index (χ1n) is 9.81. The maximum Gasteiger partial charge on any atom is 0.270 e. The van der Waals surface area contributed by atoms with Crippen LogP contribution in [-0.2, 0) is 6.42 Å². The summed E-state index contributed by atoms with van der Waals surface area (Å²) in [4.78, 5) is 31.4. The fraction of sp³-hybridized carbons (Fsp3) is 0.217. The number of benzene rings is 1. The minimum Gasteiger partial charge on any atom is -0.363 e. The largest absolute Gasteiger partial charge is 0.363 e. The van der Waals surface area contributed by atoms with Crippen LogP contribution in [0.4, 0.5) is 5.82 Å². The first kappa shape index (κ1) is 19.6. The van der Waals surface area contributed by atoms with E-state index in [1.165, 1.54) is 0 Å². The minimum atomic E-state index is -0.334. The Hall–Kier alpha value is -3.74. The number of pyridine rings is 1. The minimum absolute atomic E-state index is 0.233. The van der Waals surface area contributed by atoms with Crippen molar-refractivity contribution in [3.8, 4) is 0 Å². The molecule has 0 unspecified atom stereocenters. The van der Waals surface area contributed by atoms with Crippen LogP contribution >= 0.6 is 0 Å². The van der Waals surface area contributed by atoms with Gasteiger partial charge in [0.25, 0.3) is 5.91 Å². The lowest BCUT2D eigenvalue weighted by Crippen LogP contribution is -2.31. The van der Waals surface area contributed by atoms with Gasteiger partial charge in [0.05, 0.1) is 11.7 Å². The molecule has 3 heterocycles. The number of aryl methyl sites for hydroxylation is 1. The predicted octanol–water partition coefficient (Wildman–Crippen LogP) is 3.44. The molecule has 7 heteroatoms. The van der Waals surface area contributed by atoms with E-state index in [1.54, 1.807) is 24.4 Å². The number of amides is 1. The van der Waals surface area contributed by atoms with Gasteiger partial charge in [-0.25, -0.2) is 9.97 Å². The summed E-state index contributed by atoms with van der Waals surface area (Å²) >= 11 is 0. The first-order valence-corrected chi connectivity index (χ1v) is 9.81. The van der Waals surface area contributed by atoms with E-state index in [2.05, 4.69) is 31.3 Å². The van der Waals surface area contributed by atoms with Crippen molar-refractivity contribution in [1.29, 1.82) is 0 Å². The molecule has 4 rings (SSSR count). The van der Waals surface area contributed by atoms with Crippen LogP contribution in [0.1, 0.15) is 33.6 Å². The number of hydrogen-bond donors (Lipinski definition) is 2. The molecule has 30 heavy (non-hydrogen) atoms. The number of hydrogen-bond acceptors (Lipinski definition) is 5. The Morgan fingerprint density at radius 2 is 1.93 bits per heavy atom. The van der Waals surface area contributed by atoms with E-state index in [9.17, 15) is 4.79 Å². The number of carbonyl (C=O) groups is 1. The summed E-state index contributed by atoms with van der Waals surface area (Å²) in [7, 11) is 3.87. The highest BCUT2D eigenvalue weighted by Gasteiger charge is 2.21. The molecule has 0 fully saturated rings. The van der Waals surface area contributed by atoms with Crippen molar-refractivity contribution >= 4 is 22.6 Å². The second-order valence-corrected chi connectivity index (χ2v) is 7.40. The van der Waals surface area contributed by atoms with Gasteiger partial charge in [-0.3, -0.25) is 9.78 Å². The summed E-state index contributed by atoms with van der Waals surface area (Å²) in [6.45, 7) is 1.86. The number of anilines is 1. The normalized spacial score (nSPS) is 12.0. The number of fused-ring (bicyclic) bond motifs is 1. The lowest BCUT2D eigenvalue weighted by atomic mass is 10.0. The van der Waals surface area contributed by atoms with Crippen molar-refractivity contribution in [1.82, 2.24) is 25.3 Å². The third-order valence-corrected chi connectivity index (χ3v) is 4.96. The van der Waals surface area contributed by atoms with Crippen molar-refractivity contribution in [3.05, 3.63) is 83.7 Å². The van der Waals surface area contributed by atoms with Crippen LogP contribution in [0.5, 0.6) is 0 Å². The summed E-state index contributed by atoms with van der Waals surface area (Å²) in [5.41, 5.74) is 3.32. The highest BCUT2D eigenvalue weighted by Crippen LogP contribution is 2.25. The standard InChI is InChI=1S/C23H24N6O/c1-15-26-21(13-22(27-15)29(2)3)20(28-23(30)19-10-6-7-11-24-19)12-16-14-25-18-9-5-4-8-17(16)18/h4-11,13-14,20,25H,12H2,1-3H3,(H,28,30)/t20-/m1/s1. The SMILES string of the molecule is Cc1nc([C@@H](Cc2c[nH]c3ccccc23)NC(=O)c2ccccn2)cc(N(C)C)n1. The molecule has 0 aliphatic rings. The number of aromatic nitrogens is 4. The van der Waals surface area contributed by atoms with Crippen LogP contribution in [-0.4, -0.2) is 39.9 Å². The average molecular weight is 400 g/mol. The number of para-hydroxylation sites is 1. The topological polar surface area (TPSA) is 86.8 Å². The Morgan fingerprint density at radius 3 is 2.70 bits per heavy atom. The molecule has 0 saturated heterocycles. The van der Waals surface area contributed by atoms with E-state index in [0.29, 0.717) is 17.9 Å². The zero-order valence-corrected chi connectivity index (χ0v) is 17.3. The molecule has 3 aromatic heterocycles. The van der Waals surface area contributed by atoms with E-state index in [4.69, 9.17) is 0 Å². The van der Waals surface area contributed by atoms with Gasteiger partial charge in [0, 0.05) is 49.9 Å². The molecule has 0 aliphatic carbocycles. The lowest BCUT2D eigenvalue weighted by Gasteiger charge is -2.20.